The van der Waals surface area contributed by atoms with Crippen LogP contribution < -0.4 is 11.5 Å². The summed E-state index contributed by atoms with van der Waals surface area (Å²) in [5, 5.41) is 33.3. The first-order chi connectivity index (χ1) is 7.78. The molecule has 98 valence electrons. The Kier molecular flexibility index (Phi) is 6.78. The Hall–Kier alpha value is -1.12. The molecule has 0 saturated heterocycles. The Morgan fingerprint density at radius 3 is 2.29 bits per heavy atom. The molecule has 0 spiro atoms. The predicted octanol–water partition coefficient (Wildman–Crippen LogP) is -0.872. The molecule has 1 atom stereocenters. The third-order valence-electron chi connectivity index (χ3n) is 2.60. The van der Waals surface area contributed by atoms with Gasteiger partial charge in [-0.25, -0.2) is 0 Å². The minimum atomic E-state index is -1.40. The number of carboxylic acids is 1. The molecular formula is C9H20BN3O4. The van der Waals surface area contributed by atoms with Crippen LogP contribution in [0.3, 0.4) is 0 Å². The number of aliphatic carboxylic acids is 1. The van der Waals surface area contributed by atoms with Crippen molar-refractivity contribution in [2.45, 2.75) is 44.0 Å². The van der Waals surface area contributed by atoms with Crippen molar-refractivity contribution in [2.24, 2.45) is 11.5 Å². The maximum atomic E-state index is 11.0. The largest absolute Gasteiger partial charge is 0.480 e. The Balaban J connectivity index is 4.12. The zero-order chi connectivity index (χ0) is 13.5. The summed E-state index contributed by atoms with van der Waals surface area (Å²) in [5.74, 6) is -1.21. The molecular weight excluding hydrogens is 225 g/mol. The minimum Gasteiger partial charge on any atom is -0.480 e. The van der Waals surface area contributed by atoms with Crippen molar-refractivity contribution < 1.29 is 19.9 Å². The Morgan fingerprint density at radius 1 is 1.29 bits per heavy atom. The Labute approximate surface area is 100 Å². The van der Waals surface area contributed by atoms with Crippen LogP contribution in [0.4, 0.5) is 0 Å². The highest BCUT2D eigenvalue weighted by Gasteiger charge is 2.33. The second-order valence-corrected chi connectivity index (χ2v) is 4.21. The zero-order valence-electron chi connectivity index (χ0n) is 9.72. The van der Waals surface area contributed by atoms with Crippen LogP contribution in [0.2, 0.25) is 6.32 Å². The molecule has 0 rings (SSSR count). The molecule has 0 aliphatic carbocycles. The van der Waals surface area contributed by atoms with Gasteiger partial charge in [0.15, 0.2) is 0 Å². The van der Waals surface area contributed by atoms with Crippen LogP contribution in [-0.2, 0) is 4.79 Å². The standard InChI is InChI=1S/C9H20BN3O4/c11-7(12)3-5-9(13,8(14)15)4-1-2-6-10(16)17/h16-17H,1-6,13H2,(H3,11,12)(H,14,15). The van der Waals surface area contributed by atoms with Crippen LogP contribution in [-0.4, -0.2) is 39.6 Å². The van der Waals surface area contributed by atoms with Gasteiger partial charge < -0.3 is 26.6 Å². The topological polar surface area (TPSA) is 154 Å². The molecule has 0 aromatic rings. The van der Waals surface area contributed by atoms with Crippen molar-refractivity contribution in [2.75, 3.05) is 0 Å². The summed E-state index contributed by atoms with van der Waals surface area (Å²) in [6.07, 6.45) is 1.65. The normalized spacial score (nSPS) is 14.1. The van der Waals surface area contributed by atoms with Crippen LogP contribution >= 0.6 is 0 Å². The van der Waals surface area contributed by atoms with E-state index >= 15 is 0 Å². The van der Waals surface area contributed by atoms with Crippen molar-refractivity contribution >= 4 is 18.9 Å². The van der Waals surface area contributed by atoms with Crippen LogP contribution in [0, 0.1) is 5.41 Å². The summed E-state index contributed by atoms with van der Waals surface area (Å²) < 4.78 is 0. The fourth-order valence-electron chi connectivity index (χ4n) is 1.46. The average Bonchev–Trinajstić information content (AvgIpc) is 2.21. The van der Waals surface area contributed by atoms with Crippen molar-refractivity contribution in [3.63, 3.8) is 0 Å². The highest BCUT2D eigenvalue weighted by Crippen LogP contribution is 2.19. The molecule has 7 nitrogen and oxygen atoms in total. The molecule has 8 heteroatoms. The number of hydrogen-bond donors (Lipinski definition) is 6. The summed E-state index contributed by atoms with van der Waals surface area (Å²) in [4.78, 5) is 11.0. The Bertz CT molecular complexity index is 275. The second-order valence-electron chi connectivity index (χ2n) is 4.21. The molecule has 0 amide bonds. The first-order valence-corrected chi connectivity index (χ1v) is 5.49. The van der Waals surface area contributed by atoms with Gasteiger partial charge >= 0.3 is 13.1 Å². The summed E-state index contributed by atoms with van der Waals surface area (Å²) in [7, 11) is -1.37. The van der Waals surface area contributed by atoms with Crippen LogP contribution in [0.25, 0.3) is 0 Å². The van der Waals surface area contributed by atoms with E-state index in [-0.39, 0.29) is 31.4 Å². The molecule has 0 aliphatic rings. The van der Waals surface area contributed by atoms with Crippen LogP contribution in [0.15, 0.2) is 0 Å². The minimum absolute atomic E-state index is 0.0909. The molecule has 8 N–H and O–H groups in total. The highest BCUT2D eigenvalue weighted by atomic mass is 16.4. The average molecular weight is 245 g/mol. The number of unbranched alkanes of at least 4 members (excludes halogenated alkanes) is 1. The monoisotopic (exact) mass is 245 g/mol. The molecule has 0 heterocycles. The molecule has 0 radical (unpaired) electrons. The predicted molar refractivity (Wildman–Crippen MR) is 64.6 cm³/mol. The van der Waals surface area contributed by atoms with Gasteiger partial charge in [0.05, 0.1) is 5.84 Å². The lowest BCUT2D eigenvalue weighted by molar-refractivity contribution is -0.143. The quantitative estimate of drug-likeness (QED) is 0.134. The number of carboxylic acid groups (broad SMARTS) is 1. The van der Waals surface area contributed by atoms with E-state index in [0.29, 0.717) is 12.8 Å². The van der Waals surface area contributed by atoms with Gasteiger partial charge in [0.1, 0.15) is 5.54 Å². The lowest BCUT2D eigenvalue weighted by Gasteiger charge is -2.24. The van der Waals surface area contributed by atoms with E-state index in [0.717, 1.165) is 0 Å². The third kappa shape index (κ3) is 6.93. The van der Waals surface area contributed by atoms with Gasteiger partial charge in [-0.05, 0) is 19.2 Å². The van der Waals surface area contributed by atoms with Gasteiger partial charge in [-0.1, -0.05) is 12.8 Å². The summed E-state index contributed by atoms with van der Waals surface area (Å²) in [5.41, 5.74) is 9.50. The second kappa shape index (κ2) is 7.26. The zero-order valence-corrected chi connectivity index (χ0v) is 9.72. The van der Waals surface area contributed by atoms with E-state index in [9.17, 15) is 4.79 Å². The van der Waals surface area contributed by atoms with E-state index in [1.165, 1.54) is 0 Å². The number of carbonyl (C=O) groups is 1. The first-order valence-electron chi connectivity index (χ1n) is 5.49. The van der Waals surface area contributed by atoms with E-state index in [1.807, 2.05) is 0 Å². The maximum absolute atomic E-state index is 11.0. The molecule has 0 aliphatic heterocycles. The van der Waals surface area contributed by atoms with Crippen LogP contribution in [0.1, 0.15) is 32.1 Å². The van der Waals surface area contributed by atoms with E-state index in [2.05, 4.69) is 0 Å². The first kappa shape index (κ1) is 15.9. The van der Waals surface area contributed by atoms with Crippen molar-refractivity contribution in [1.29, 1.82) is 5.41 Å². The Morgan fingerprint density at radius 2 is 1.88 bits per heavy atom. The SMILES string of the molecule is N=C(N)CCC(N)(CCCCB(O)O)C(=O)O. The number of nitrogens with two attached hydrogens (primary N) is 2. The smallest absolute Gasteiger partial charge is 0.451 e. The molecule has 0 aromatic heterocycles. The highest BCUT2D eigenvalue weighted by molar-refractivity contribution is 6.40. The van der Waals surface area contributed by atoms with Gasteiger partial charge in [-0.2, -0.15) is 0 Å². The summed E-state index contributed by atoms with van der Waals surface area (Å²) in [6.45, 7) is 0. The van der Waals surface area contributed by atoms with Gasteiger partial charge in [-0.3, -0.25) is 10.2 Å². The fourth-order valence-corrected chi connectivity index (χ4v) is 1.46. The van der Waals surface area contributed by atoms with Crippen molar-refractivity contribution in [1.82, 2.24) is 0 Å². The molecule has 0 aromatic carbocycles. The number of rotatable bonds is 9. The van der Waals surface area contributed by atoms with E-state index in [1.54, 1.807) is 0 Å². The van der Waals surface area contributed by atoms with Crippen molar-refractivity contribution in [3.05, 3.63) is 0 Å². The van der Waals surface area contributed by atoms with E-state index < -0.39 is 18.6 Å². The lowest BCUT2D eigenvalue weighted by Crippen LogP contribution is -2.48. The number of hydrogen-bond acceptors (Lipinski definition) is 5. The van der Waals surface area contributed by atoms with Gasteiger partial charge in [0, 0.05) is 6.42 Å². The van der Waals surface area contributed by atoms with Crippen molar-refractivity contribution in [3.8, 4) is 0 Å². The number of amidine groups is 1. The molecule has 17 heavy (non-hydrogen) atoms. The number of nitrogens with one attached hydrogen (secondary N) is 1. The molecule has 1 unspecified atom stereocenters. The fraction of sp³-hybridized carbons (Fsp3) is 0.778. The lowest BCUT2D eigenvalue weighted by atomic mass is 9.81. The third-order valence-corrected chi connectivity index (χ3v) is 2.60. The summed E-state index contributed by atoms with van der Waals surface area (Å²) >= 11 is 0. The van der Waals surface area contributed by atoms with Gasteiger partial charge in [0.25, 0.3) is 0 Å². The van der Waals surface area contributed by atoms with Crippen LogP contribution in [0.5, 0.6) is 0 Å². The van der Waals surface area contributed by atoms with E-state index in [4.69, 9.17) is 32.0 Å². The van der Waals surface area contributed by atoms with Gasteiger partial charge in [-0.15, -0.1) is 0 Å². The molecule has 0 fully saturated rings. The summed E-state index contributed by atoms with van der Waals surface area (Å²) in [6, 6.07) is 0. The van der Waals surface area contributed by atoms with Gasteiger partial charge in [0.2, 0.25) is 0 Å². The molecule has 0 saturated carbocycles. The molecule has 0 bridgehead atoms. The maximum Gasteiger partial charge on any atom is 0.451 e.